The fourth-order valence-corrected chi connectivity index (χ4v) is 1.53. The van der Waals surface area contributed by atoms with Gasteiger partial charge in [-0.15, -0.1) is 0 Å². The second-order valence-electron chi connectivity index (χ2n) is 3.32. The summed E-state index contributed by atoms with van der Waals surface area (Å²) in [5.74, 6) is 0. The predicted octanol–water partition coefficient (Wildman–Crippen LogP) is 0.348. The Morgan fingerprint density at radius 3 is 2.46 bits per heavy atom. The van der Waals surface area contributed by atoms with Crippen LogP contribution in [0.3, 0.4) is 0 Å². The van der Waals surface area contributed by atoms with Crippen LogP contribution in [-0.4, -0.2) is 26.3 Å². The van der Waals surface area contributed by atoms with Crippen LogP contribution < -0.4 is 9.47 Å². The van der Waals surface area contributed by atoms with Gasteiger partial charge >= 0.3 is 0 Å². The van der Waals surface area contributed by atoms with Gasteiger partial charge in [0.05, 0.1) is 13.2 Å². The van der Waals surface area contributed by atoms with E-state index < -0.39 is 0 Å². The molecule has 0 unspecified atom stereocenters. The molecule has 0 amide bonds. The Balaban J connectivity index is 2.10. The summed E-state index contributed by atoms with van der Waals surface area (Å²) in [5.41, 5.74) is 1.29. The summed E-state index contributed by atoms with van der Waals surface area (Å²) in [6.45, 7) is 3.71. The molecular formula is C10H15N2O+. The molecule has 1 saturated heterocycles. The molecule has 3 heteroatoms. The maximum atomic E-state index is 5.30. The SMILES string of the molecule is C[n+]1ccc(N2CCOCC2)cc1. The Morgan fingerprint density at radius 1 is 1.23 bits per heavy atom. The molecule has 2 rings (SSSR count). The summed E-state index contributed by atoms with van der Waals surface area (Å²) in [6.07, 6.45) is 4.15. The molecule has 3 nitrogen and oxygen atoms in total. The van der Waals surface area contributed by atoms with E-state index >= 15 is 0 Å². The monoisotopic (exact) mass is 179 g/mol. The Bertz CT molecular complexity index is 265. The summed E-state index contributed by atoms with van der Waals surface area (Å²) in [5, 5.41) is 0. The van der Waals surface area contributed by atoms with Crippen molar-refractivity contribution in [2.24, 2.45) is 7.05 Å². The number of nitrogens with zero attached hydrogens (tertiary/aromatic N) is 2. The molecule has 0 bridgehead atoms. The topological polar surface area (TPSA) is 16.4 Å². The lowest BCUT2D eigenvalue weighted by atomic mass is 10.3. The quantitative estimate of drug-likeness (QED) is 0.578. The van der Waals surface area contributed by atoms with E-state index in [4.69, 9.17) is 4.74 Å². The van der Waals surface area contributed by atoms with Crippen LogP contribution in [0.25, 0.3) is 0 Å². The van der Waals surface area contributed by atoms with E-state index in [2.05, 4.69) is 29.4 Å². The number of anilines is 1. The molecule has 70 valence electrons. The van der Waals surface area contributed by atoms with Crippen molar-refractivity contribution in [1.29, 1.82) is 0 Å². The van der Waals surface area contributed by atoms with Crippen molar-refractivity contribution >= 4 is 5.69 Å². The van der Waals surface area contributed by atoms with Crippen molar-refractivity contribution in [2.75, 3.05) is 31.2 Å². The standard InChI is InChI=1S/C10H15N2O/c1-11-4-2-10(3-5-11)12-6-8-13-9-7-12/h2-5H,6-9H2,1H3/q+1. The van der Waals surface area contributed by atoms with Crippen LogP contribution in [0.4, 0.5) is 5.69 Å². The van der Waals surface area contributed by atoms with Crippen molar-refractivity contribution in [3.8, 4) is 0 Å². The lowest BCUT2D eigenvalue weighted by molar-refractivity contribution is -0.671. The normalized spacial score (nSPS) is 17.5. The lowest BCUT2D eigenvalue weighted by Crippen LogP contribution is -2.37. The van der Waals surface area contributed by atoms with E-state index in [1.165, 1.54) is 5.69 Å². The summed E-state index contributed by atoms with van der Waals surface area (Å²) in [7, 11) is 2.03. The molecule has 2 heterocycles. The summed E-state index contributed by atoms with van der Waals surface area (Å²) >= 11 is 0. The van der Waals surface area contributed by atoms with Gasteiger partial charge in [0.25, 0.3) is 0 Å². The Hall–Kier alpha value is -1.09. The van der Waals surface area contributed by atoms with Crippen molar-refractivity contribution in [1.82, 2.24) is 0 Å². The van der Waals surface area contributed by atoms with Gasteiger partial charge in [0.15, 0.2) is 12.4 Å². The Morgan fingerprint density at radius 2 is 1.85 bits per heavy atom. The smallest absolute Gasteiger partial charge is 0.170 e. The minimum Gasteiger partial charge on any atom is -0.378 e. The molecule has 0 spiro atoms. The third-order valence-electron chi connectivity index (χ3n) is 2.34. The minimum atomic E-state index is 0.848. The van der Waals surface area contributed by atoms with Gasteiger partial charge in [-0.2, -0.15) is 0 Å². The highest BCUT2D eigenvalue weighted by molar-refractivity contribution is 5.43. The molecule has 1 aromatic rings. The third kappa shape index (κ3) is 1.98. The van der Waals surface area contributed by atoms with Gasteiger partial charge in [0.1, 0.15) is 7.05 Å². The zero-order valence-electron chi connectivity index (χ0n) is 7.94. The first kappa shape index (κ1) is 8.51. The molecule has 0 N–H and O–H groups in total. The van der Waals surface area contributed by atoms with Gasteiger partial charge in [-0.25, -0.2) is 4.57 Å². The summed E-state index contributed by atoms with van der Waals surface area (Å²) in [6, 6.07) is 4.29. The number of rotatable bonds is 1. The van der Waals surface area contributed by atoms with Gasteiger partial charge in [0.2, 0.25) is 0 Å². The number of aromatic nitrogens is 1. The number of pyridine rings is 1. The van der Waals surface area contributed by atoms with Crippen LogP contribution in [-0.2, 0) is 11.8 Å². The average molecular weight is 179 g/mol. The predicted molar refractivity (Wildman–Crippen MR) is 50.7 cm³/mol. The second kappa shape index (κ2) is 3.75. The fourth-order valence-electron chi connectivity index (χ4n) is 1.53. The van der Waals surface area contributed by atoms with Gasteiger partial charge in [-0.05, 0) is 0 Å². The van der Waals surface area contributed by atoms with Gasteiger partial charge in [-0.1, -0.05) is 0 Å². The summed E-state index contributed by atoms with van der Waals surface area (Å²) in [4.78, 5) is 2.35. The van der Waals surface area contributed by atoms with Crippen molar-refractivity contribution in [3.63, 3.8) is 0 Å². The highest BCUT2D eigenvalue weighted by atomic mass is 16.5. The first-order valence-corrected chi connectivity index (χ1v) is 4.64. The second-order valence-corrected chi connectivity index (χ2v) is 3.32. The number of hydrogen-bond donors (Lipinski definition) is 0. The van der Waals surface area contributed by atoms with Crippen molar-refractivity contribution in [2.45, 2.75) is 0 Å². The molecular weight excluding hydrogens is 164 g/mol. The minimum absolute atomic E-state index is 0.848. The maximum Gasteiger partial charge on any atom is 0.170 e. The molecule has 0 aromatic carbocycles. The number of hydrogen-bond acceptors (Lipinski definition) is 2. The van der Waals surface area contributed by atoms with E-state index in [9.17, 15) is 0 Å². The largest absolute Gasteiger partial charge is 0.378 e. The Labute approximate surface area is 78.6 Å². The zero-order valence-corrected chi connectivity index (χ0v) is 7.94. The molecule has 1 aromatic heterocycles. The van der Waals surface area contributed by atoms with Crippen molar-refractivity contribution in [3.05, 3.63) is 24.5 Å². The van der Waals surface area contributed by atoms with E-state index in [-0.39, 0.29) is 0 Å². The van der Waals surface area contributed by atoms with Crippen LogP contribution in [0.1, 0.15) is 0 Å². The number of morpholine rings is 1. The van der Waals surface area contributed by atoms with E-state index in [0.717, 1.165) is 26.3 Å². The van der Waals surface area contributed by atoms with Crippen LogP contribution in [0.5, 0.6) is 0 Å². The third-order valence-corrected chi connectivity index (χ3v) is 2.34. The van der Waals surface area contributed by atoms with Gasteiger partial charge in [-0.3, -0.25) is 0 Å². The molecule has 0 aliphatic carbocycles. The van der Waals surface area contributed by atoms with Crippen LogP contribution in [0, 0.1) is 0 Å². The Kier molecular flexibility index (Phi) is 2.45. The van der Waals surface area contributed by atoms with Crippen LogP contribution in [0.2, 0.25) is 0 Å². The first-order chi connectivity index (χ1) is 6.36. The maximum absolute atomic E-state index is 5.30. The lowest BCUT2D eigenvalue weighted by Gasteiger charge is -2.28. The zero-order chi connectivity index (χ0) is 9.10. The summed E-state index contributed by atoms with van der Waals surface area (Å²) < 4.78 is 7.34. The van der Waals surface area contributed by atoms with Gasteiger partial charge < -0.3 is 9.64 Å². The molecule has 1 aliphatic heterocycles. The van der Waals surface area contributed by atoms with Crippen molar-refractivity contribution < 1.29 is 9.30 Å². The molecule has 0 atom stereocenters. The van der Waals surface area contributed by atoms with Gasteiger partial charge in [0, 0.05) is 30.9 Å². The van der Waals surface area contributed by atoms with Crippen LogP contribution >= 0.6 is 0 Å². The molecule has 0 radical (unpaired) electrons. The number of aryl methyl sites for hydroxylation is 1. The average Bonchev–Trinajstić information content (AvgIpc) is 2.20. The highest BCUT2D eigenvalue weighted by Crippen LogP contribution is 2.12. The first-order valence-electron chi connectivity index (χ1n) is 4.64. The van der Waals surface area contributed by atoms with E-state index in [0.29, 0.717) is 0 Å². The van der Waals surface area contributed by atoms with E-state index in [1.54, 1.807) is 0 Å². The van der Waals surface area contributed by atoms with E-state index in [1.807, 2.05) is 11.6 Å². The fraction of sp³-hybridized carbons (Fsp3) is 0.500. The molecule has 0 saturated carbocycles. The number of ether oxygens (including phenoxy) is 1. The molecule has 1 aliphatic rings. The highest BCUT2D eigenvalue weighted by Gasteiger charge is 2.11. The molecule has 13 heavy (non-hydrogen) atoms. The van der Waals surface area contributed by atoms with Crippen LogP contribution in [0.15, 0.2) is 24.5 Å². The molecule has 1 fully saturated rings.